The Kier molecular flexibility index (Phi) is 7.39. The number of nitrogens with one attached hydrogen (secondary N) is 1. The van der Waals surface area contributed by atoms with Gasteiger partial charge >= 0.3 is 5.97 Å². The molecule has 0 aliphatic carbocycles. The maximum Gasteiger partial charge on any atom is 0.338 e. The Bertz CT molecular complexity index is 1100. The first kappa shape index (κ1) is 23.5. The maximum atomic E-state index is 13.7. The van der Waals surface area contributed by atoms with Gasteiger partial charge in [0.2, 0.25) is 0 Å². The summed E-state index contributed by atoms with van der Waals surface area (Å²) >= 11 is 0. The smallest absolute Gasteiger partial charge is 0.338 e. The van der Waals surface area contributed by atoms with Crippen LogP contribution in [-0.4, -0.2) is 49.6 Å². The third kappa shape index (κ3) is 5.35. The summed E-state index contributed by atoms with van der Waals surface area (Å²) in [6.45, 7) is 1.89. The Hall–Kier alpha value is -4.21. The number of hydrogen-bond donors (Lipinski definition) is 1. The lowest BCUT2D eigenvalue weighted by molar-refractivity contribution is -0.384. The number of ether oxygens (including phenoxy) is 2. The summed E-state index contributed by atoms with van der Waals surface area (Å²) in [5.74, 6) is -1.18. The Morgan fingerprint density at radius 1 is 1.12 bits per heavy atom. The van der Waals surface area contributed by atoms with Crippen molar-refractivity contribution in [2.75, 3.05) is 25.7 Å². The number of rotatable bonds is 7. The van der Waals surface area contributed by atoms with Crippen molar-refractivity contribution in [3.63, 3.8) is 0 Å². The van der Waals surface area contributed by atoms with Gasteiger partial charge in [-0.2, -0.15) is 0 Å². The summed E-state index contributed by atoms with van der Waals surface area (Å²) in [6.07, 6.45) is 0.519. The number of amides is 1. The lowest BCUT2D eigenvalue weighted by Gasteiger charge is -2.29. The van der Waals surface area contributed by atoms with Gasteiger partial charge in [-0.15, -0.1) is 0 Å². The summed E-state index contributed by atoms with van der Waals surface area (Å²) in [7, 11) is 2.62. The molecule has 1 heterocycles. The third-order valence-corrected chi connectivity index (χ3v) is 5.16. The molecule has 33 heavy (non-hydrogen) atoms. The van der Waals surface area contributed by atoms with Gasteiger partial charge in [-0.05, 0) is 31.0 Å². The molecule has 0 bridgehead atoms. The van der Waals surface area contributed by atoms with E-state index in [4.69, 9.17) is 9.47 Å². The van der Waals surface area contributed by atoms with E-state index in [1.165, 1.54) is 43.4 Å². The fraction of sp³-hybridized carbons (Fsp3) is 0.261. The number of nitro groups is 1. The Morgan fingerprint density at radius 2 is 1.79 bits per heavy atom. The van der Waals surface area contributed by atoms with Crippen LogP contribution in [0.25, 0.3) is 0 Å². The van der Waals surface area contributed by atoms with Crippen LogP contribution in [0.4, 0.5) is 11.4 Å². The van der Waals surface area contributed by atoms with E-state index < -0.39 is 22.8 Å². The van der Waals surface area contributed by atoms with Crippen LogP contribution in [0.5, 0.6) is 0 Å². The second-order valence-electron chi connectivity index (χ2n) is 7.20. The Morgan fingerprint density at radius 3 is 2.36 bits per heavy atom. The molecule has 1 N–H and O–H groups in total. The number of benzene rings is 2. The van der Waals surface area contributed by atoms with Gasteiger partial charge in [-0.1, -0.05) is 30.3 Å². The van der Waals surface area contributed by atoms with Gasteiger partial charge in [0, 0.05) is 30.1 Å². The highest BCUT2D eigenvalue weighted by Gasteiger charge is 2.37. The minimum Gasteiger partial charge on any atom is -0.468 e. The van der Waals surface area contributed by atoms with Crippen molar-refractivity contribution in [2.45, 2.75) is 19.4 Å². The fourth-order valence-corrected chi connectivity index (χ4v) is 3.46. The zero-order chi connectivity index (χ0) is 24.0. The molecule has 1 amide bonds. The topological polar surface area (TPSA) is 123 Å². The zero-order valence-electron chi connectivity index (χ0n) is 18.5. The average molecular weight is 452 g/mol. The number of aliphatic imine (C=N–C) groups is 1. The van der Waals surface area contributed by atoms with Crippen LogP contribution in [0.15, 0.2) is 70.9 Å². The minimum absolute atomic E-state index is 0.0647. The van der Waals surface area contributed by atoms with Gasteiger partial charge in [0.15, 0.2) is 6.04 Å². The van der Waals surface area contributed by atoms with E-state index >= 15 is 0 Å². The third-order valence-electron chi connectivity index (χ3n) is 5.16. The second-order valence-corrected chi connectivity index (χ2v) is 7.20. The van der Waals surface area contributed by atoms with Crippen LogP contribution in [-0.2, 0) is 25.5 Å². The molecular weight excluding hydrogens is 428 g/mol. The van der Waals surface area contributed by atoms with Crippen molar-refractivity contribution in [1.82, 2.24) is 5.32 Å². The van der Waals surface area contributed by atoms with Crippen molar-refractivity contribution >= 4 is 29.3 Å². The van der Waals surface area contributed by atoms with E-state index in [0.29, 0.717) is 17.8 Å². The highest BCUT2D eigenvalue weighted by atomic mass is 16.6. The average Bonchev–Trinajstić information content (AvgIpc) is 2.83. The van der Waals surface area contributed by atoms with E-state index in [0.717, 1.165) is 5.56 Å². The molecule has 3 rings (SSSR count). The van der Waals surface area contributed by atoms with Gasteiger partial charge in [0.05, 0.1) is 24.7 Å². The van der Waals surface area contributed by atoms with Gasteiger partial charge in [-0.3, -0.25) is 14.9 Å². The molecule has 0 saturated heterocycles. The first-order chi connectivity index (χ1) is 15.8. The number of esters is 1. The quantitative estimate of drug-likeness (QED) is 0.389. The van der Waals surface area contributed by atoms with Gasteiger partial charge in [-0.25, -0.2) is 9.79 Å². The summed E-state index contributed by atoms with van der Waals surface area (Å²) in [6, 6.07) is 14.1. The molecule has 0 saturated carbocycles. The van der Waals surface area contributed by atoms with Crippen molar-refractivity contribution in [1.29, 1.82) is 0 Å². The number of carbonyl (C=O) groups excluding carboxylic acids is 2. The van der Waals surface area contributed by atoms with Crippen LogP contribution in [0.1, 0.15) is 12.5 Å². The summed E-state index contributed by atoms with van der Waals surface area (Å²) in [5, 5.41) is 13.9. The van der Waals surface area contributed by atoms with Gasteiger partial charge in [0.1, 0.15) is 0 Å². The lowest BCUT2D eigenvalue weighted by Crippen LogP contribution is -2.46. The largest absolute Gasteiger partial charge is 0.468 e. The second kappa shape index (κ2) is 10.4. The van der Waals surface area contributed by atoms with E-state index in [-0.39, 0.29) is 23.8 Å². The molecule has 2 aromatic rings. The Balaban J connectivity index is 2.00. The van der Waals surface area contributed by atoms with Crippen LogP contribution in [0.3, 0.4) is 0 Å². The van der Waals surface area contributed by atoms with Crippen LogP contribution < -0.4 is 10.2 Å². The monoisotopic (exact) mass is 452 g/mol. The van der Waals surface area contributed by atoms with Crippen molar-refractivity contribution in [2.24, 2.45) is 4.99 Å². The molecule has 0 aromatic heterocycles. The molecule has 10 nitrogen and oxygen atoms in total. The Labute approximate surface area is 190 Å². The molecule has 1 unspecified atom stereocenters. The highest BCUT2D eigenvalue weighted by Crippen LogP contribution is 2.25. The molecule has 0 radical (unpaired) electrons. The first-order valence-corrected chi connectivity index (χ1v) is 10.1. The van der Waals surface area contributed by atoms with E-state index in [1.54, 1.807) is 6.92 Å². The van der Waals surface area contributed by atoms with Crippen molar-refractivity contribution in [3.8, 4) is 0 Å². The van der Waals surface area contributed by atoms with Crippen LogP contribution in [0, 0.1) is 10.1 Å². The number of allylic oxidation sites excluding steroid dienone is 1. The number of amidine groups is 1. The minimum atomic E-state index is -1.21. The molecule has 172 valence electrons. The number of hydrogen-bond acceptors (Lipinski definition) is 8. The number of nitrogens with zero attached hydrogens (tertiary/aromatic N) is 3. The molecular formula is C23H24N4O6. The number of nitro benzene ring substituents is 1. The van der Waals surface area contributed by atoms with Gasteiger partial charge < -0.3 is 19.7 Å². The van der Waals surface area contributed by atoms with E-state index in [1.807, 2.05) is 30.3 Å². The molecule has 0 spiro atoms. The molecule has 0 fully saturated rings. The SMILES string of the molecule is COC(=O)C1=C(C)NC(OC)=NC1C(=O)N(CCc1ccccc1)c1ccc([N+](=O)[O-])cc1. The molecule has 10 heteroatoms. The first-order valence-electron chi connectivity index (χ1n) is 10.1. The number of anilines is 1. The molecule has 2 aromatic carbocycles. The van der Waals surface area contributed by atoms with E-state index in [9.17, 15) is 19.7 Å². The lowest BCUT2D eigenvalue weighted by atomic mass is 10.0. The molecule has 1 aliphatic heterocycles. The summed E-state index contributed by atoms with van der Waals surface area (Å²) < 4.78 is 10.0. The number of non-ortho nitro benzene ring substituents is 1. The molecule has 1 aliphatic rings. The normalized spacial score (nSPS) is 15.2. The fourth-order valence-electron chi connectivity index (χ4n) is 3.46. The van der Waals surface area contributed by atoms with Crippen LogP contribution >= 0.6 is 0 Å². The zero-order valence-corrected chi connectivity index (χ0v) is 18.5. The molecule has 1 atom stereocenters. The van der Waals surface area contributed by atoms with Crippen LogP contribution in [0.2, 0.25) is 0 Å². The van der Waals surface area contributed by atoms with Crippen molar-refractivity contribution < 1.29 is 24.0 Å². The van der Waals surface area contributed by atoms with Gasteiger partial charge in [0.25, 0.3) is 17.6 Å². The summed E-state index contributed by atoms with van der Waals surface area (Å²) in [5.41, 5.74) is 1.80. The number of carbonyl (C=O) groups is 2. The highest BCUT2D eigenvalue weighted by molar-refractivity contribution is 6.08. The van der Waals surface area contributed by atoms with Crippen molar-refractivity contribution in [3.05, 3.63) is 81.5 Å². The predicted molar refractivity (Wildman–Crippen MR) is 122 cm³/mol. The predicted octanol–water partition coefficient (Wildman–Crippen LogP) is 2.59. The standard InChI is InChI=1S/C23H24N4O6/c1-15-19(22(29)32-2)20(25-23(24-15)33-3)21(28)26(14-13-16-7-5-4-6-8-16)17-9-11-18(12-10-17)27(30)31/h4-12,20H,13-14H2,1-3H3,(H,24,25). The summed E-state index contributed by atoms with van der Waals surface area (Å²) in [4.78, 5) is 42.5. The van der Waals surface area contributed by atoms with E-state index in [2.05, 4.69) is 10.3 Å². The maximum absolute atomic E-state index is 13.7. The number of methoxy groups -OCH3 is 2.